The van der Waals surface area contributed by atoms with E-state index in [-0.39, 0.29) is 0 Å². The highest BCUT2D eigenvalue weighted by Crippen LogP contribution is 2.30. The van der Waals surface area contributed by atoms with Crippen molar-refractivity contribution >= 4 is 34.8 Å². The van der Waals surface area contributed by atoms with Gasteiger partial charge in [-0.1, -0.05) is 34.8 Å². The van der Waals surface area contributed by atoms with Crippen molar-refractivity contribution in [3.05, 3.63) is 44.7 Å². The molecule has 0 atom stereocenters. The first-order valence-electron chi connectivity index (χ1n) is 6.16. The van der Waals surface area contributed by atoms with Crippen LogP contribution in [0.5, 0.6) is 0 Å². The van der Waals surface area contributed by atoms with E-state index in [0.717, 1.165) is 42.5 Å². The monoisotopic (exact) mass is 312 g/mol. The fourth-order valence-corrected chi connectivity index (χ4v) is 2.89. The van der Waals surface area contributed by atoms with Crippen molar-refractivity contribution in [2.45, 2.75) is 25.7 Å². The Bertz CT molecular complexity index is 641. The highest BCUT2D eigenvalue weighted by Gasteiger charge is 2.17. The van der Waals surface area contributed by atoms with Crippen LogP contribution in [0.1, 0.15) is 24.1 Å². The van der Waals surface area contributed by atoms with Gasteiger partial charge >= 0.3 is 0 Å². The molecule has 2 nitrogen and oxygen atoms in total. The van der Waals surface area contributed by atoms with E-state index in [1.54, 1.807) is 12.1 Å². The molecule has 1 aromatic carbocycles. The first-order valence-corrected chi connectivity index (χ1v) is 7.29. The summed E-state index contributed by atoms with van der Waals surface area (Å²) in [4.78, 5) is 9.00. The highest BCUT2D eigenvalue weighted by atomic mass is 35.5. The van der Waals surface area contributed by atoms with Crippen molar-refractivity contribution in [3.63, 3.8) is 0 Å². The predicted molar refractivity (Wildman–Crippen MR) is 79.1 cm³/mol. The van der Waals surface area contributed by atoms with E-state index in [0.29, 0.717) is 21.0 Å². The Morgan fingerprint density at radius 3 is 2.47 bits per heavy atom. The zero-order valence-electron chi connectivity index (χ0n) is 10.1. The van der Waals surface area contributed by atoms with Gasteiger partial charge in [-0.2, -0.15) is 0 Å². The Kier molecular flexibility index (Phi) is 3.66. The fraction of sp³-hybridized carbons (Fsp3) is 0.286. The van der Waals surface area contributed by atoms with Gasteiger partial charge in [-0.15, -0.1) is 0 Å². The van der Waals surface area contributed by atoms with E-state index < -0.39 is 0 Å². The topological polar surface area (TPSA) is 25.8 Å². The maximum atomic E-state index is 6.26. The molecule has 1 aromatic heterocycles. The lowest BCUT2D eigenvalue weighted by atomic mass is 9.97. The van der Waals surface area contributed by atoms with Gasteiger partial charge in [0.1, 0.15) is 5.15 Å². The molecule has 0 unspecified atom stereocenters. The van der Waals surface area contributed by atoms with Crippen molar-refractivity contribution in [2.75, 3.05) is 0 Å². The minimum absolute atomic E-state index is 0.497. The smallest absolute Gasteiger partial charge is 0.161 e. The van der Waals surface area contributed by atoms with Crippen LogP contribution in [0.15, 0.2) is 18.2 Å². The molecular formula is C14H11Cl3N2. The minimum atomic E-state index is 0.497. The lowest BCUT2D eigenvalue weighted by Crippen LogP contribution is -2.08. The summed E-state index contributed by atoms with van der Waals surface area (Å²) in [6, 6.07) is 5.37. The van der Waals surface area contributed by atoms with Crippen LogP contribution < -0.4 is 0 Å². The lowest BCUT2D eigenvalue weighted by Gasteiger charge is -2.16. The number of nitrogens with zero attached hydrogens (tertiary/aromatic N) is 2. The zero-order valence-corrected chi connectivity index (χ0v) is 12.4. The normalized spacial score (nSPS) is 14.3. The third kappa shape index (κ3) is 2.58. The molecule has 0 aliphatic heterocycles. The van der Waals surface area contributed by atoms with Gasteiger partial charge in [0.15, 0.2) is 5.82 Å². The summed E-state index contributed by atoms with van der Waals surface area (Å²) in [6.45, 7) is 0. The van der Waals surface area contributed by atoms with Crippen LogP contribution in [0, 0.1) is 0 Å². The van der Waals surface area contributed by atoms with Gasteiger partial charge in [0.05, 0.1) is 10.0 Å². The molecule has 98 valence electrons. The number of halogens is 3. The van der Waals surface area contributed by atoms with Gasteiger partial charge in [-0.3, -0.25) is 0 Å². The molecule has 1 aliphatic rings. The Hall–Kier alpha value is -0.830. The Labute approximate surface area is 126 Å². The Morgan fingerprint density at radius 1 is 0.895 bits per heavy atom. The summed E-state index contributed by atoms with van der Waals surface area (Å²) in [5.74, 6) is 0.615. The molecule has 0 saturated carbocycles. The van der Waals surface area contributed by atoms with Crippen molar-refractivity contribution in [2.24, 2.45) is 0 Å². The molecule has 1 aliphatic carbocycles. The van der Waals surface area contributed by atoms with Crippen molar-refractivity contribution in [1.82, 2.24) is 9.97 Å². The van der Waals surface area contributed by atoms with E-state index in [1.807, 2.05) is 6.07 Å². The van der Waals surface area contributed by atoms with Crippen molar-refractivity contribution < 1.29 is 0 Å². The molecule has 0 fully saturated rings. The molecule has 0 bridgehead atoms. The molecule has 0 saturated heterocycles. The van der Waals surface area contributed by atoms with Crippen LogP contribution in [-0.2, 0) is 12.8 Å². The van der Waals surface area contributed by atoms with Gasteiger partial charge in [0.25, 0.3) is 0 Å². The van der Waals surface area contributed by atoms with E-state index in [2.05, 4.69) is 9.97 Å². The van der Waals surface area contributed by atoms with Crippen LogP contribution >= 0.6 is 34.8 Å². The van der Waals surface area contributed by atoms with E-state index in [9.17, 15) is 0 Å². The number of hydrogen-bond donors (Lipinski definition) is 0. The molecule has 5 heteroatoms. The van der Waals surface area contributed by atoms with Crippen molar-refractivity contribution in [3.8, 4) is 11.4 Å². The van der Waals surface area contributed by atoms with Crippen LogP contribution in [0.25, 0.3) is 11.4 Å². The second-order valence-electron chi connectivity index (χ2n) is 4.60. The lowest BCUT2D eigenvalue weighted by molar-refractivity contribution is 0.663. The first kappa shape index (κ1) is 13.2. The number of aryl methyl sites for hydroxylation is 1. The second kappa shape index (κ2) is 5.28. The molecule has 2 aromatic rings. The summed E-state index contributed by atoms with van der Waals surface area (Å²) < 4.78 is 0. The summed E-state index contributed by atoms with van der Waals surface area (Å²) in [6.07, 6.45) is 4.24. The van der Waals surface area contributed by atoms with Crippen LogP contribution in [0.4, 0.5) is 0 Å². The standard InChI is InChI=1S/C14H11Cl3N2/c15-10-6-5-8(7-11(10)16)14-18-12-4-2-1-3-9(12)13(17)19-14/h5-7H,1-4H2. The molecule has 1 heterocycles. The average molecular weight is 314 g/mol. The van der Waals surface area contributed by atoms with Gasteiger partial charge in [0.2, 0.25) is 0 Å². The number of aromatic nitrogens is 2. The molecule has 0 amide bonds. The van der Waals surface area contributed by atoms with Gasteiger partial charge in [-0.05, 0) is 43.9 Å². The molecule has 3 rings (SSSR count). The van der Waals surface area contributed by atoms with Gasteiger partial charge in [-0.25, -0.2) is 9.97 Å². The molecular weight excluding hydrogens is 303 g/mol. The van der Waals surface area contributed by atoms with Crippen LogP contribution in [0.3, 0.4) is 0 Å². The summed E-state index contributed by atoms with van der Waals surface area (Å²) in [7, 11) is 0. The Morgan fingerprint density at radius 2 is 1.68 bits per heavy atom. The predicted octanol–water partition coefficient (Wildman–Crippen LogP) is 4.98. The SMILES string of the molecule is Clc1ccc(-c2nc(Cl)c3c(n2)CCCC3)cc1Cl. The van der Waals surface area contributed by atoms with Crippen molar-refractivity contribution in [1.29, 1.82) is 0 Å². The third-order valence-electron chi connectivity index (χ3n) is 3.31. The summed E-state index contributed by atoms with van der Waals surface area (Å²) in [5.41, 5.74) is 2.99. The number of benzene rings is 1. The Balaban J connectivity index is 2.10. The largest absolute Gasteiger partial charge is 0.233 e. The van der Waals surface area contributed by atoms with Gasteiger partial charge in [0, 0.05) is 16.8 Å². The van der Waals surface area contributed by atoms with Crippen LogP contribution in [-0.4, -0.2) is 9.97 Å². The van der Waals surface area contributed by atoms with Gasteiger partial charge < -0.3 is 0 Å². The van der Waals surface area contributed by atoms with E-state index >= 15 is 0 Å². The minimum Gasteiger partial charge on any atom is -0.233 e. The summed E-state index contributed by atoms with van der Waals surface area (Å²) >= 11 is 18.2. The van der Waals surface area contributed by atoms with E-state index in [4.69, 9.17) is 34.8 Å². The second-order valence-corrected chi connectivity index (χ2v) is 5.77. The maximum absolute atomic E-state index is 6.26. The molecule has 0 radical (unpaired) electrons. The molecule has 19 heavy (non-hydrogen) atoms. The maximum Gasteiger partial charge on any atom is 0.161 e. The quantitative estimate of drug-likeness (QED) is 0.694. The summed E-state index contributed by atoms with van der Waals surface area (Å²) in [5, 5.41) is 1.58. The fourth-order valence-electron chi connectivity index (χ4n) is 2.31. The number of hydrogen-bond acceptors (Lipinski definition) is 2. The van der Waals surface area contributed by atoms with Crippen LogP contribution in [0.2, 0.25) is 15.2 Å². The van der Waals surface area contributed by atoms with E-state index in [1.165, 1.54) is 0 Å². The first-order chi connectivity index (χ1) is 9.15. The average Bonchev–Trinajstić information content (AvgIpc) is 2.42. The third-order valence-corrected chi connectivity index (χ3v) is 4.36. The zero-order chi connectivity index (χ0) is 13.4. The highest BCUT2D eigenvalue weighted by molar-refractivity contribution is 6.42. The molecule has 0 N–H and O–H groups in total. The molecule has 0 spiro atoms. The number of fused-ring (bicyclic) bond motifs is 1. The number of rotatable bonds is 1.